The van der Waals surface area contributed by atoms with E-state index in [9.17, 15) is 0 Å². The largest absolute Gasteiger partial charge is 0.165 e. The summed E-state index contributed by atoms with van der Waals surface area (Å²) in [6.45, 7) is 0. The van der Waals surface area contributed by atoms with Gasteiger partial charge in [-0.15, -0.1) is 0 Å². The van der Waals surface area contributed by atoms with Crippen molar-refractivity contribution in [3.63, 3.8) is 0 Å². The maximum Gasteiger partial charge on any atom is 0.00878 e. The molecule has 0 saturated heterocycles. The maximum atomic E-state index is 4.42. The van der Waals surface area contributed by atoms with E-state index in [0.717, 1.165) is 0 Å². The van der Waals surface area contributed by atoms with Crippen molar-refractivity contribution in [2.45, 2.75) is 23.7 Å². The first-order valence-electron chi connectivity index (χ1n) is 16.2. The lowest BCUT2D eigenvalue weighted by molar-refractivity contribution is 1.15. The minimum Gasteiger partial charge on any atom is -0.165 e. The Kier molecular flexibility index (Phi) is 6.43. The van der Waals surface area contributed by atoms with Gasteiger partial charge >= 0.3 is 0 Å². The molecular weight excluding hydrogens is 573 g/mol. The van der Waals surface area contributed by atoms with Crippen molar-refractivity contribution < 1.29 is 0 Å². The number of benzene rings is 8. The van der Waals surface area contributed by atoms with Gasteiger partial charge in [-0.05, 0) is 119 Å². The highest BCUT2D eigenvalue weighted by Crippen LogP contribution is 2.50. The van der Waals surface area contributed by atoms with Crippen LogP contribution in [0.3, 0.4) is 0 Å². The van der Waals surface area contributed by atoms with Crippen molar-refractivity contribution >= 4 is 59.4 Å². The molecule has 0 nitrogen and oxygen atoms in total. The fourth-order valence-corrected chi connectivity index (χ4v) is 8.51. The molecule has 1 saturated carbocycles. The van der Waals surface area contributed by atoms with Crippen molar-refractivity contribution in [2.24, 2.45) is 0 Å². The molecule has 0 N–H and O–H groups in total. The molecule has 46 heavy (non-hydrogen) atoms. The monoisotopic (exact) mass is 606 g/mol. The quantitative estimate of drug-likeness (QED) is 0.135. The van der Waals surface area contributed by atoms with Crippen LogP contribution in [0.25, 0.3) is 76.5 Å². The van der Waals surface area contributed by atoms with Gasteiger partial charge in [-0.3, -0.25) is 0 Å². The van der Waals surface area contributed by atoms with E-state index in [-0.39, 0.29) is 10.5 Å². The molecule has 0 amide bonds. The zero-order chi connectivity index (χ0) is 30.8. The predicted octanol–water partition coefficient (Wildman–Crippen LogP) is 12.9. The standard InChI is InChI=1S/C45H34S/c1-46(2)43-27-26-40(35-16-8-9-17-36(35)43)44-37-18-10-11-19-38(37)45(42-28-31(22-23-41(42)44)29-12-4-3-5-13-29)39-25-24-32(30-20-21-30)33-14-6-7-15-34(33)39/h3-19,22-28,30H,1,20-21H2,2H3. The Bertz CT molecular complexity index is 2500. The summed E-state index contributed by atoms with van der Waals surface area (Å²) in [6.07, 6.45) is 4.81. The van der Waals surface area contributed by atoms with Crippen LogP contribution >= 0.6 is 10.5 Å². The first-order valence-corrected chi connectivity index (χ1v) is 18.0. The van der Waals surface area contributed by atoms with Crippen molar-refractivity contribution in [1.29, 1.82) is 0 Å². The van der Waals surface area contributed by atoms with Crippen LogP contribution in [0, 0.1) is 0 Å². The summed E-state index contributed by atoms with van der Waals surface area (Å²) in [4.78, 5) is 1.32. The molecule has 0 aromatic heterocycles. The summed E-state index contributed by atoms with van der Waals surface area (Å²) in [5, 5.41) is 10.5. The van der Waals surface area contributed by atoms with Gasteiger partial charge in [0.25, 0.3) is 0 Å². The molecule has 1 aliphatic rings. The molecule has 0 aliphatic heterocycles. The molecule has 1 aliphatic carbocycles. The Hall–Kier alpha value is -4.98. The van der Waals surface area contributed by atoms with E-state index in [1.807, 2.05) is 0 Å². The highest BCUT2D eigenvalue weighted by atomic mass is 32.2. The summed E-state index contributed by atoms with van der Waals surface area (Å²) in [5.41, 5.74) is 9.18. The van der Waals surface area contributed by atoms with E-state index >= 15 is 0 Å². The second-order valence-corrected chi connectivity index (χ2v) is 14.5. The Labute approximate surface area is 272 Å². The first kappa shape index (κ1) is 27.3. The lowest BCUT2D eigenvalue weighted by atomic mass is 9.82. The van der Waals surface area contributed by atoms with Gasteiger partial charge in [0.1, 0.15) is 0 Å². The van der Waals surface area contributed by atoms with E-state index in [1.54, 1.807) is 0 Å². The van der Waals surface area contributed by atoms with E-state index in [4.69, 9.17) is 0 Å². The Balaban J connectivity index is 1.45. The van der Waals surface area contributed by atoms with E-state index in [1.165, 1.54) is 99.8 Å². The van der Waals surface area contributed by atoms with Crippen LogP contribution in [0.15, 0.2) is 150 Å². The number of hydrogen-bond acceptors (Lipinski definition) is 0. The van der Waals surface area contributed by atoms with Gasteiger partial charge in [-0.1, -0.05) is 139 Å². The van der Waals surface area contributed by atoms with Gasteiger partial charge in [-0.2, -0.15) is 10.5 Å². The zero-order valence-electron chi connectivity index (χ0n) is 26.0. The van der Waals surface area contributed by atoms with Crippen molar-refractivity contribution in [3.05, 3.63) is 151 Å². The number of rotatable bonds is 5. The highest BCUT2D eigenvalue weighted by Gasteiger charge is 2.27. The van der Waals surface area contributed by atoms with Crippen LogP contribution in [-0.2, 0) is 0 Å². The molecule has 8 aromatic rings. The van der Waals surface area contributed by atoms with Gasteiger partial charge < -0.3 is 0 Å². The van der Waals surface area contributed by atoms with Crippen LogP contribution < -0.4 is 0 Å². The summed E-state index contributed by atoms with van der Waals surface area (Å²) in [5.74, 6) is 5.11. The third kappa shape index (κ3) is 4.34. The Morgan fingerprint density at radius 2 is 0.978 bits per heavy atom. The molecule has 220 valence electrons. The van der Waals surface area contributed by atoms with Gasteiger partial charge in [0.15, 0.2) is 0 Å². The van der Waals surface area contributed by atoms with Crippen LogP contribution in [0.5, 0.6) is 0 Å². The fourth-order valence-electron chi connectivity index (χ4n) is 7.65. The third-order valence-electron chi connectivity index (χ3n) is 9.90. The third-order valence-corrected chi connectivity index (χ3v) is 11.0. The number of hydrogen-bond donors (Lipinski definition) is 0. The molecule has 8 aromatic carbocycles. The van der Waals surface area contributed by atoms with Crippen molar-refractivity contribution in [1.82, 2.24) is 0 Å². The molecule has 1 fully saturated rings. The molecule has 1 atom stereocenters. The molecule has 9 rings (SSSR count). The van der Waals surface area contributed by atoms with Crippen LogP contribution in [0.1, 0.15) is 24.3 Å². The summed E-state index contributed by atoms with van der Waals surface area (Å²) in [6, 6.07) is 54.4. The molecule has 0 bridgehead atoms. The number of fused-ring (bicyclic) bond motifs is 4. The fraction of sp³-hybridized carbons (Fsp3) is 0.0889. The topological polar surface area (TPSA) is 0 Å². The summed E-state index contributed by atoms with van der Waals surface area (Å²) < 4.78 is 0. The van der Waals surface area contributed by atoms with Gasteiger partial charge in [0.05, 0.1) is 0 Å². The van der Waals surface area contributed by atoms with E-state index < -0.39 is 0 Å². The van der Waals surface area contributed by atoms with Crippen molar-refractivity contribution in [2.75, 3.05) is 6.26 Å². The molecule has 1 heteroatoms. The lowest BCUT2D eigenvalue weighted by Crippen LogP contribution is -1.94. The normalized spacial score (nSPS) is 13.9. The molecule has 0 spiro atoms. The molecule has 0 heterocycles. The van der Waals surface area contributed by atoms with Gasteiger partial charge in [0, 0.05) is 4.90 Å². The van der Waals surface area contributed by atoms with Crippen LogP contribution in [0.2, 0.25) is 0 Å². The lowest BCUT2D eigenvalue weighted by Gasteiger charge is -2.21. The van der Waals surface area contributed by atoms with E-state index in [0.29, 0.717) is 5.92 Å². The molecule has 0 radical (unpaired) electrons. The van der Waals surface area contributed by atoms with Crippen LogP contribution in [-0.4, -0.2) is 12.1 Å². The SMILES string of the molecule is C=S(C)c1ccc(-c2c3ccccc3c(-c3ccc(C4CC4)c4ccccc34)c3cc(-c4ccccc4)ccc23)c2ccccc12. The molecule has 1 unspecified atom stereocenters. The molecular formula is C45H34S. The second-order valence-electron chi connectivity index (χ2n) is 12.7. The minimum absolute atomic E-state index is 0.0899. The maximum absolute atomic E-state index is 4.42. The van der Waals surface area contributed by atoms with Crippen LogP contribution in [0.4, 0.5) is 0 Å². The Morgan fingerprint density at radius 1 is 0.457 bits per heavy atom. The first-order chi connectivity index (χ1) is 22.7. The van der Waals surface area contributed by atoms with Gasteiger partial charge in [-0.25, -0.2) is 0 Å². The average Bonchev–Trinajstić information content (AvgIpc) is 3.96. The average molecular weight is 607 g/mol. The Morgan fingerprint density at radius 3 is 1.63 bits per heavy atom. The van der Waals surface area contributed by atoms with E-state index in [2.05, 4.69) is 158 Å². The predicted molar refractivity (Wildman–Crippen MR) is 204 cm³/mol. The second kappa shape index (κ2) is 10.8. The smallest absolute Gasteiger partial charge is 0.00878 e. The summed E-state index contributed by atoms with van der Waals surface area (Å²) in [7, 11) is -0.0899. The van der Waals surface area contributed by atoms with Crippen molar-refractivity contribution in [3.8, 4) is 33.4 Å². The van der Waals surface area contributed by atoms with Gasteiger partial charge in [0.2, 0.25) is 0 Å². The highest BCUT2D eigenvalue weighted by molar-refractivity contribution is 8.13. The summed E-state index contributed by atoms with van der Waals surface area (Å²) >= 11 is 0. The zero-order valence-corrected chi connectivity index (χ0v) is 26.8. The minimum atomic E-state index is -0.0899.